The van der Waals surface area contributed by atoms with Gasteiger partial charge in [-0.3, -0.25) is 0 Å². The summed E-state index contributed by atoms with van der Waals surface area (Å²) in [6.45, 7) is -0.249. The van der Waals surface area contributed by atoms with E-state index in [-0.39, 0.29) is 18.0 Å². The second kappa shape index (κ2) is 6.62. The maximum Gasteiger partial charge on any atom is 0.243 e. The van der Waals surface area contributed by atoms with Crippen LogP contribution in [0.25, 0.3) is 0 Å². The predicted octanol–water partition coefficient (Wildman–Crippen LogP) is 0.778. The molecule has 0 aromatic heterocycles. The van der Waals surface area contributed by atoms with Crippen LogP contribution in [0.5, 0.6) is 0 Å². The molecule has 0 radical (unpaired) electrons. The SMILES string of the molecule is O=S1(=O)c2cccc(c2)CN1Cc1ccccc1C(O)C(O)CO. The molecular weight excluding hydrogens is 330 g/mol. The molecule has 0 amide bonds. The Morgan fingerprint density at radius 2 is 1.83 bits per heavy atom. The Bertz CT molecular complexity index is 836. The van der Waals surface area contributed by atoms with Crippen LogP contribution in [0, 0.1) is 0 Å². The van der Waals surface area contributed by atoms with Crippen molar-refractivity contribution < 1.29 is 23.7 Å². The Balaban J connectivity index is 1.92. The molecule has 6 nitrogen and oxygen atoms in total. The largest absolute Gasteiger partial charge is 0.394 e. The molecule has 0 aliphatic carbocycles. The molecule has 7 heteroatoms. The predicted molar refractivity (Wildman–Crippen MR) is 87.4 cm³/mol. The van der Waals surface area contributed by atoms with Crippen molar-refractivity contribution in [2.24, 2.45) is 0 Å². The Kier molecular flexibility index (Phi) is 4.71. The lowest BCUT2D eigenvalue weighted by Crippen LogP contribution is -2.34. The van der Waals surface area contributed by atoms with Gasteiger partial charge in [-0.15, -0.1) is 0 Å². The van der Waals surface area contributed by atoms with Gasteiger partial charge < -0.3 is 15.3 Å². The van der Waals surface area contributed by atoms with E-state index in [2.05, 4.69) is 0 Å². The molecule has 0 saturated carbocycles. The van der Waals surface area contributed by atoms with E-state index in [0.717, 1.165) is 5.56 Å². The molecule has 1 aliphatic heterocycles. The summed E-state index contributed by atoms with van der Waals surface area (Å²) in [5.41, 5.74) is 1.89. The molecule has 2 unspecified atom stereocenters. The fourth-order valence-electron chi connectivity index (χ4n) is 2.85. The smallest absolute Gasteiger partial charge is 0.243 e. The van der Waals surface area contributed by atoms with Crippen molar-refractivity contribution in [2.75, 3.05) is 6.61 Å². The van der Waals surface area contributed by atoms with Crippen LogP contribution >= 0.6 is 0 Å². The van der Waals surface area contributed by atoms with Crippen LogP contribution in [0.2, 0.25) is 0 Å². The van der Waals surface area contributed by atoms with Crippen LogP contribution in [-0.4, -0.2) is 40.8 Å². The monoisotopic (exact) mass is 349 g/mol. The molecule has 0 spiro atoms. The summed E-state index contributed by atoms with van der Waals surface area (Å²) in [6.07, 6.45) is -2.60. The van der Waals surface area contributed by atoms with Crippen LogP contribution in [0.15, 0.2) is 53.4 Å². The highest BCUT2D eigenvalue weighted by molar-refractivity contribution is 7.89. The number of hydrogen-bond acceptors (Lipinski definition) is 5. The minimum absolute atomic E-state index is 0.0796. The van der Waals surface area contributed by atoms with E-state index in [1.54, 1.807) is 42.5 Å². The first-order valence-electron chi connectivity index (χ1n) is 7.57. The maximum absolute atomic E-state index is 12.6. The lowest BCUT2D eigenvalue weighted by atomic mass is 9.98. The van der Waals surface area contributed by atoms with Gasteiger partial charge in [0.1, 0.15) is 12.2 Å². The van der Waals surface area contributed by atoms with Gasteiger partial charge in [-0.25, -0.2) is 8.42 Å². The van der Waals surface area contributed by atoms with Crippen molar-refractivity contribution in [3.63, 3.8) is 0 Å². The van der Waals surface area contributed by atoms with E-state index in [1.165, 1.54) is 4.31 Å². The summed E-state index contributed by atoms with van der Waals surface area (Å²) >= 11 is 0. The minimum atomic E-state index is -3.59. The van der Waals surface area contributed by atoms with Crippen molar-refractivity contribution in [1.29, 1.82) is 0 Å². The molecule has 3 N–H and O–H groups in total. The highest BCUT2D eigenvalue weighted by Gasteiger charge is 2.30. The van der Waals surface area contributed by atoms with Crippen molar-refractivity contribution >= 4 is 10.0 Å². The van der Waals surface area contributed by atoms with E-state index in [9.17, 15) is 18.6 Å². The number of benzene rings is 2. The number of sulfonamides is 1. The van der Waals surface area contributed by atoms with E-state index >= 15 is 0 Å². The average Bonchev–Trinajstić information content (AvgIpc) is 2.59. The van der Waals surface area contributed by atoms with Gasteiger partial charge in [-0.2, -0.15) is 4.31 Å². The third kappa shape index (κ3) is 3.09. The first kappa shape index (κ1) is 17.1. The highest BCUT2D eigenvalue weighted by atomic mass is 32.2. The Labute approximate surface area is 140 Å². The first-order valence-corrected chi connectivity index (χ1v) is 9.01. The molecule has 24 heavy (non-hydrogen) atoms. The molecule has 2 atom stereocenters. The molecule has 0 fully saturated rings. The van der Waals surface area contributed by atoms with Crippen LogP contribution in [0.4, 0.5) is 0 Å². The number of aliphatic hydroxyl groups is 3. The van der Waals surface area contributed by atoms with Crippen molar-refractivity contribution in [2.45, 2.75) is 30.2 Å². The number of aliphatic hydroxyl groups excluding tert-OH is 3. The average molecular weight is 349 g/mol. The lowest BCUT2D eigenvalue weighted by molar-refractivity contribution is -0.0158. The minimum Gasteiger partial charge on any atom is -0.394 e. The fourth-order valence-corrected chi connectivity index (χ4v) is 4.32. The van der Waals surface area contributed by atoms with Crippen LogP contribution < -0.4 is 0 Å². The fraction of sp³-hybridized carbons (Fsp3) is 0.294. The number of nitrogens with zero attached hydrogens (tertiary/aromatic N) is 1. The van der Waals surface area contributed by atoms with Crippen LogP contribution in [0.1, 0.15) is 22.8 Å². The lowest BCUT2D eigenvalue weighted by Gasteiger charge is -2.28. The quantitative estimate of drug-likeness (QED) is 0.741. The Morgan fingerprint density at radius 1 is 1.08 bits per heavy atom. The van der Waals surface area contributed by atoms with E-state index in [1.807, 2.05) is 6.07 Å². The summed E-state index contributed by atoms with van der Waals surface area (Å²) < 4.78 is 26.6. The van der Waals surface area contributed by atoms with Crippen molar-refractivity contribution in [1.82, 2.24) is 4.31 Å². The summed E-state index contributed by atoms with van der Waals surface area (Å²) in [7, 11) is -3.59. The third-order valence-electron chi connectivity index (χ3n) is 4.17. The third-order valence-corrected chi connectivity index (χ3v) is 5.95. The van der Waals surface area contributed by atoms with E-state index in [4.69, 9.17) is 5.11 Å². The molecule has 1 heterocycles. The molecular formula is C17H19NO5S. The van der Waals surface area contributed by atoms with Gasteiger partial charge in [-0.05, 0) is 28.8 Å². The zero-order valence-electron chi connectivity index (χ0n) is 12.9. The molecule has 128 valence electrons. The van der Waals surface area contributed by atoms with Gasteiger partial charge in [0.25, 0.3) is 0 Å². The van der Waals surface area contributed by atoms with Crippen LogP contribution in [0.3, 0.4) is 0 Å². The van der Waals surface area contributed by atoms with Crippen LogP contribution in [-0.2, 0) is 23.1 Å². The molecule has 2 aromatic rings. The zero-order valence-corrected chi connectivity index (χ0v) is 13.7. The number of fused-ring (bicyclic) bond motifs is 2. The van der Waals surface area contributed by atoms with E-state index < -0.39 is 28.8 Å². The summed E-state index contributed by atoms with van der Waals surface area (Å²) in [5.74, 6) is 0. The second-order valence-electron chi connectivity index (χ2n) is 5.81. The number of hydrogen-bond donors (Lipinski definition) is 3. The van der Waals surface area contributed by atoms with Gasteiger partial charge >= 0.3 is 0 Å². The Hall–Kier alpha value is -1.77. The second-order valence-corrected chi connectivity index (χ2v) is 7.75. The molecule has 2 bridgehead atoms. The van der Waals surface area contributed by atoms with Crippen molar-refractivity contribution in [3.05, 3.63) is 65.2 Å². The summed E-state index contributed by atoms with van der Waals surface area (Å²) in [5, 5.41) is 28.9. The molecule has 1 aliphatic rings. The molecule has 3 rings (SSSR count). The summed E-state index contributed by atoms with van der Waals surface area (Å²) in [4.78, 5) is 0.250. The maximum atomic E-state index is 12.6. The van der Waals surface area contributed by atoms with Gasteiger partial charge in [0.05, 0.1) is 11.5 Å². The van der Waals surface area contributed by atoms with Gasteiger partial charge in [0, 0.05) is 13.1 Å². The topological polar surface area (TPSA) is 98.1 Å². The van der Waals surface area contributed by atoms with Gasteiger partial charge in [-0.1, -0.05) is 36.4 Å². The first-order chi connectivity index (χ1) is 11.4. The van der Waals surface area contributed by atoms with E-state index in [0.29, 0.717) is 11.1 Å². The van der Waals surface area contributed by atoms with Gasteiger partial charge in [0.15, 0.2) is 0 Å². The standard InChI is InChI=1S/C17H19NO5S/c19-11-16(20)17(21)15-7-2-1-5-13(15)10-18-9-12-4-3-6-14(8-12)24(18,22)23/h1-8,16-17,19-21H,9-11H2. The highest BCUT2D eigenvalue weighted by Crippen LogP contribution is 2.29. The number of rotatable bonds is 5. The van der Waals surface area contributed by atoms with Gasteiger partial charge in [0.2, 0.25) is 10.0 Å². The zero-order chi connectivity index (χ0) is 17.3. The molecule has 0 saturated heterocycles. The Morgan fingerprint density at radius 3 is 2.58 bits per heavy atom. The molecule has 2 aromatic carbocycles. The van der Waals surface area contributed by atoms with Crippen molar-refractivity contribution in [3.8, 4) is 0 Å². The normalized spacial score (nSPS) is 19.0. The summed E-state index contributed by atoms with van der Waals surface area (Å²) in [6, 6.07) is 13.6.